The van der Waals surface area contributed by atoms with Crippen molar-refractivity contribution in [2.45, 2.75) is 51.5 Å². The van der Waals surface area contributed by atoms with Gasteiger partial charge in [0.25, 0.3) is 0 Å². The molecule has 0 saturated heterocycles. The van der Waals surface area contributed by atoms with E-state index in [-0.39, 0.29) is 0 Å². The van der Waals surface area contributed by atoms with E-state index in [4.69, 9.17) is 4.74 Å². The number of hydrogen-bond donors (Lipinski definition) is 1. The lowest BCUT2D eigenvalue weighted by Gasteiger charge is -2.26. The highest BCUT2D eigenvalue weighted by molar-refractivity contribution is 5.08. The Morgan fingerprint density at radius 2 is 1.90 bits per heavy atom. The molecule has 0 unspecified atom stereocenters. The van der Waals surface area contributed by atoms with E-state index >= 15 is 0 Å². The summed E-state index contributed by atoms with van der Waals surface area (Å²) in [7, 11) is 1.72. The maximum absolute atomic E-state index is 5.00. The molecule has 112 valence electrons. The molecule has 20 heavy (non-hydrogen) atoms. The zero-order valence-electron chi connectivity index (χ0n) is 12.8. The third-order valence-corrected chi connectivity index (χ3v) is 4.33. The predicted molar refractivity (Wildman–Crippen MR) is 80.6 cm³/mol. The highest BCUT2D eigenvalue weighted by atomic mass is 16.5. The molecule has 0 atom stereocenters. The number of hydrogen-bond acceptors (Lipinski definition) is 4. The standard InChI is InChI=1S/C16H27N3O/c1-3-13-4-6-15(7-5-13)16-18-11-14(12-19-16)10-17-8-9-20-2/h11-13,15,17H,3-10H2,1-2H3. The number of rotatable bonds is 7. The molecular weight excluding hydrogens is 250 g/mol. The fourth-order valence-corrected chi connectivity index (χ4v) is 2.90. The first kappa shape index (κ1) is 15.4. The van der Waals surface area contributed by atoms with Gasteiger partial charge < -0.3 is 10.1 Å². The number of methoxy groups -OCH3 is 1. The van der Waals surface area contributed by atoms with Crippen LogP contribution >= 0.6 is 0 Å². The molecule has 2 rings (SSSR count). The van der Waals surface area contributed by atoms with Gasteiger partial charge in [-0.05, 0) is 31.6 Å². The molecule has 0 amide bonds. The summed E-state index contributed by atoms with van der Waals surface area (Å²) in [5.41, 5.74) is 1.15. The molecule has 4 nitrogen and oxygen atoms in total. The second-order valence-electron chi connectivity index (χ2n) is 5.74. The van der Waals surface area contributed by atoms with Gasteiger partial charge in [-0.3, -0.25) is 0 Å². The van der Waals surface area contributed by atoms with Gasteiger partial charge in [0.2, 0.25) is 0 Å². The predicted octanol–water partition coefficient (Wildman–Crippen LogP) is 2.90. The summed E-state index contributed by atoms with van der Waals surface area (Å²) in [5.74, 6) is 2.55. The van der Waals surface area contributed by atoms with Crippen molar-refractivity contribution in [1.82, 2.24) is 15.3 Å². The average molecular weight is 277 g/mol. The minimum absolute atomic E-state index is 0.577. The number of ether oxygens (including phenoxy) is 1. The molecule has 1 aromatic heterocycles. The maximum atomic E-state index is 5.00. The van der Waals surface area contributed by atoms with E-state index in [0.717, 1.165) is 37.0 Å². The molecule has 0 aliphatic heterocycles. The topological polar surface area (TPSA) is 47.0 Å². The van der Waals surface area contributed by atoms with E-state index < -0.39 is 0 Å². The normalized spacial score (nSPS) is 22.9. The summed E-state index contributed by atoms with van der Waals surface area (Å²) in [6, 6.07) is 0. The second kappa shape index (κ2) is 8.32. The molecule has 0 aromatic carbocycles. The SMILES string of the molecule is CCC1CCC(c2ncc(CNCCOC)cn2)CC1. The van der Waals surface area contributed by atoms with E-state index in [2.05, 4.69) is 22.2 Å². The van der Waals surface area contributed by atoms with Crippen molar-refractivity contribution in [3.05, 3.63) is 23.8 Å². The first-order valence-corrected chi connectivity index (χ1v) is 7.84. The summed E-state index contributed by atoms with van der Waals surface area (Å²) < 4.78 is 5.00. The third kappa shape index (κ3) is 4.53. The average Bonchev–Trinajstić information content (AvgIpc) is 2.52. The van der Waals surface area contributed by atoms with Crippen molar-refractivity contribution in [3.8, 4) is 0 Å². The largest absolute Gasteiger partial charge is 0.383 e. The van der Waals surface area contributed by atoms with Crippen LogP contribution in [0.25, 0.3) is 0 Å². The molecule has 1 N–H and O–H groups in total. The van der Waals surface area contributed by atoms with Crippen molar-refractivity contribution in [3.63, 3.8) is 0 Å². The Bertz CT molecular complexity index is 372. The Morgan fingerprint density at radius 3 is 2.50 bits per heavy atom. The van der Waals surface area contributed by atoms with Crippen molar-refractivity contribution >= 4 is 0 Å². The van der Waals surface area contributed by atoms with Gasteiger partial charge in [-0.1, -0.05) is 13.3 Å². The van der Waals surface area contributed by atoms with Crippen LogP contribution in [0.2, 0.25) is 0 Å². The van der Waals surface area contributed by atoms with Crippen LogP contribution in [-0.4, -0.2) is 30.2 Å². The lowest BCUT2D eigenvalue weighted by Crippen LogP contribution is -2.19. The van der Waals surface area contributed by atoms with Crippen LogP contribution in [0.3, 0.4) is 0 Å². The van der Waals surface area contributed by atoms with Crippen molar-refractivity contribution in [2.24, 2.45) is 5.92 Å². The quantitative estimate of drug-likeness (QED) is 0.779. The van der Waals surface area contributed by atoms with Gasteiger partial charge >= 0.3 is 0 Å². The zero-order chi connectivity index (χ0) is 14.2. The van der Waals surface area contributed by atoms with Gasteiger partial charge in [0.05, 0.1) is 6.61 Å². The van der Waals surface area contributed by atoms with E-state index in [1.165, 1.54) is 32.1 Å². The summed E-state index contributed by atoms with van der Waals surface area (Å²) in [6.07, 6.45) is 10.4. The molecule has 0 radical (unpaired) electrons. The van der Waals surface area contributed by atoms with E-state index in [9.17, 15) is 0 Å². The Balaban J connectivity index is 1.79. The Kier molecular flexibility index (Phi) is 6.40. The van der Waals surface area contributed by atoms with Gasteiger partial charge in [0, 0.05) is 44.1 Å². The molecule has 1 aliphatic carbocycles. The van der Waals surface area contributed by atoms with Crippen LogP contribution in [0.1, 0.15) is 56.3 Å². The van der Waals surface area contributed by atoms with E-state index in [0.29, 0.717) is 5.92 Å². The summed E-state index contributed by atoms with van der Waals surface area (Å²) >= 11 is 0. The second-order valence-corrected chi connectivity index (χ2v) is 5.74. The van der Waals surface area contributed by atoms with Crippen LogP contribution in [0.5, 0.6) is 0 Å². The van der Waals surface area contributed by atoms with Crippen molar-refractivity contribution < 1.29 is 4.74 Å². The van der Waals surface area contributed by atoms with Crippen LogP contribution in [-0.2, 0) is 11.3 Å². The van der Waals surface area contributed by atoms with Crippen molar-refractivity contribution in [2.75, 3.05) is 20.3 Å². The molecule has 1 heterocycles. The molecule has 1 fully saturated rings. The third-order valence-electron chi connectivity index (χ3n) is 4.33. The Morgan fingerprint density at radius 1 is 1.20 bits per heavy atom. The molecule has 1 aromatic rings. The number of nitrogens with one attached hydrogen (secondary N) is 1. The minimum Gasteiger partial charge on any atom is -0.383 e. The summed E-state index contributed by atoms with van der Waals surface area (Å²) in [4.78, 5) is 9.14. The zero-order valence-corrected chi connectivity index (χ0v) is 12.8. The van der Waals surface area contributed by atoms with Crippen LogP contribution in [0.4, 0.5) is 0 Å². The molecule has 1 aliphatic rings. The highest BCUT2D eigenvalue weighted by Gasteiger charge is 2.22. The summed E-state index contributed by atoms with van der Waals surface area (Å²) in [5, 5.41) is 3.31. The van der Waals surface area contributed by atoms with Gasteiger partial charge in [0.15, 0.2) is 0 Å². The lowest BCUT2D eigenvalue weighted by molar-refractivity contribution is 0.199. The minimum atomic E-state index is 0.577. The molecule has 0 spiro atoms. The molecule has 1 saturated carbocycles. The Hall–Kier alpha value is -1.00. The summed E-state index contributed by atoms with van der Waals surface area (Å²) in [6.45, 7) is 4.71. The van der Waals surface area contributed by atoms with Crippen LogP contribution < -0.4 is 5.32 Å². The van der Waals surface area contributed by atoms with E-state index in [1.54, 1.807) is 7.11 Å². The van der Waals surface area contributed by atoms with Crippen LogP contribution in [0.15, 0.2) is 12.4 Å². The lowest BCUT2D eigenvalue weighted by atomic mass is 9.80. The number of aromatic nitrogens is 2. The first-order valence-electron chi connectivity index (χ1n) is 7.84. The molecular formula is C16H27N3O. The van der Waals surface area contributed by atoms with Gasteiger partial charge in [-0.25, -0.2) is 9.97 Å². The smallest absolute Gasteiger partial charge is 0.131 e. The Labute approximate surface area is 122 Å². The molecule has 0 bridgehead atoms. The fourth-order valence-electron chi connectivity index (χ4n) is 2.90. The van der Waals surface area contributed by atoms with Crippen LogP contribution in [0, 0.1) is 5.92 Å². The highest BCUT2D eigenvalue weighted by Crippen LogP contribution is 2.35. The van der Waals surface area contributed by atoms with E-state index in [1.807, 2.05) is 12.4 Å². The van der Waals surface area contributed by atoms with Crippen molar-refractivity contribution in [1.29, 1.82) is 0 Å². The van der Waals surface area contributed by atoms with Gasteiger partial charge in [-0.2, -0.15) is 0 Å². The fraction of sp³-hybridized carbons (Fsp3) is 0.750. The number of nitrogens with zero attached hydrogens (tertiary/aromatic N) is 2. The molecule has 4 heteroatoms. The monoisotopic (exact) mass is 277 g/mol. The van der Waals surface area contributed by atoms with Gasteiger partial charge in [-0.15, -0.1) is 0 Å². The maximum Gasteiger partial charge on any atom is 0.131 e. The first-order chi connectivity index (χ1) is 9.83. The van der Waals surface area contributed by atoms with Gasteiger partial charge in [0.1, 0.15) is 5.82 Å².